The van der Waals surface area contributed by atoms with E-state index in [1.54, 1.807) is 0 Å². The van der Waals surface area contributed by atoms with Crippen LogP contribution in [0.4, 0.5) is 0 Å². The lowest BCUT2D eigenvalue weighted by atomic mass is 9.82. The monoisotopic (exact) mass is 199 g/mol. The van der Waals surface area contributed by atoms with E-state index in [2.05, 4.69) is 12.2 Å². The van der Waals surface area contributed by atoms with Crippen molar-refractivity contribution in [3.05, 3.63) is 0 Å². The van der Waals surface area contributed by atoms with Gasteiger partial charge in [-0.05, 0) is 50.6 Å². The van der Waals surface area contributed by atoms with E-state index in [4.69, 9.17) is 5.11 Å². The average Bonchev–Trinajstić information content (AvgIpc) is 2.18. The minimum Gasteiger partial charge on any atom is -0.396 e. The van der Waals surface area contributed by atoms with Gasteiger partial charge >= 0.3 is 0 Å². The molecule has 1 aliphatic carbocycles. The summed E-state index contributed by atoms with van der Waals surface area (Å²) in [5.41, 5.74) is 0. The highest BCUT2D eigenvalue weighted by molar-refractivity contribution is 4.72. The highest BCUT2D eigenvalue weighted by Gasteiger charge is 2.17. The molecule has 0 aromatic carbocycles. The van der Waals surface area contributed by atoms with Crippen LogP contribution >= 0.6 is 0 Å². The Morgan fingerprint density at radius 2 is 2.14 bits per heavy atom. The fourth-order valence-corrected chi connectivity index (χ4v) is 2.41. The van der Waals surface area contributed by atoms with E-state index in [1.165, 1.54) is 32.2 Å². The van der Waals surface area contributed by atoms with Crippen LogP contribution in [0.2, 0.25) is 0 Å². The molecule has 2 atom stereocenters. The zero-order valence-electron chi connectivity index (χ0n) is 9.47. The second-order valence-electron chi connectivity index (χ2n) is 4.77. The van der Waals surface area contributed by atoms with Gasteiger partial charge in [0.1, 0.15) is 0 Å². The Labute approximate surface area is 88.1 Å². The van der Waals surface area contributed by atoms with Gasteiger partial charge in [0.15, 0.2) is 0 Å². The number of nitrogens with one attached hydrogen (secondary N) is 1. The Balaban J connectivity index is 1.95. The van der Waals surface area contributed by atoms with Crippen LogP contribution < -0.4 is 5.32 Å². The van der Waals surface area contributed by atoms with Crippen LogP contribution in [0.15, 0.2) is 0 Å². The van der Waals surface area contributed by atoms with Gasteiger partial charge in [-0.25, -0.2) is 0 Å². The van der Waals surface area contributed by atoms with Crippen molar-refractivity contribution in [2.24, 2.45) is 11.8 Å². The first kappa shape index (κ1) is 12.0. The molecule has 2 heteroatoms. The van der Waals surface area contributed by atoms with E-state index in [9.17, 15) is 0 Å². The Kier molecular flexibility index (Phi) is 6.20. The fourth-order valence-electron chi connectivity index (χ4n) is 2.41. The molecule has 1 rings (SSSR count). The maximum atomic E-state index is 8.62. The van der Waals surface area contributed by atoms with Gasteiger partial charge in [-0.3, -0.25) is 0 Å². The van der Waals surface area contributed by atoms with Gasteiger partial charge in [0.2, 0.25) is 0 Å². The van der Waals surface area contributed by atoms with E-state index in [-0.39, 0.29) is 0 Å². The molecule has 0 bridgehead atoms. The Morgan fingerprint density at radius 1 is 1.29 bits per heavy atom. The lowest BCUT2D eigenvalue weighted by molar-refractivity contribution is 0.267. The van der Waals surface area contributed by atoms with Crippen LogP contribution in [0.1, 0.15) is 45.4 Å². The molecule has 0 heterocycles. The third-order valence-electron chi connectivity index (χ3n) is 3.24. The van der Waals surface area contributed by atoms with Crippen LogP contribution in [-0.4, -0.2) is 24.8 Å². The molecular weight excluding hydrogens is 174 g/mol. The lowest BCUT2D eigenvalue weighted by Crippen LogP contribution is -2.27. The molecule has 2 N–H and O–H groups in total. The summed E-state index contributed by atoms with van der Waals surface area (Å²) in [5.74, 6) is 1.85. The molecule has 1 aliphatic rings. The number of hydrogen-bond acceptors (Lipinski definition) is 2. The van der Waals surface area contributed by atoms with E-state index in [1.807, 2.05) is 0 Å². The Hall–Kier alpha value is -0.0800. The number of hydrogen-bond donors (Lipinski definition) is 2. The normalized spacial score (nSPS) is 27.9. The number of aliphatic hydroxyl groups is 1. The molecular formula is C12H25NO. The van der Waals surface area contributed by atoms with Crippen LogP contribution in [0.25, 0.3) is 0 Å². The smallest absolute Gasteiger partial charge is 0.0431 e. The van der Waals surface area contributed by atoms with E-state index in [0.717, 1.165) is 31.2 Å². The topological polar surface area (TPSA) is 32.3 Å². The molecule has 0 saturated heterocycles. The molecule has 0 spiro atoms. The molecule has 2 unspecified atom stereocenters. The molecule has 0 aromatic heterocycles. The molecule has 0 radical (unpaired) electrons. The number of unbranched alkanes of at least 4 members (excludes halogenated alkanes) is 1. The summed E-state index contributed by atoms with van der Waals surface area (Å²) in [6, 6.07) is 0. The van der Waals surface area contributed by atoms with Crippen molar-refractivity contribution >= 4 is 0 Å². The Bertz CT molecular complexity index is 138. The maximum Gasteiger partial charge on any atom is 0.0431 e. The van der Waals surface area contributed by atoms with Crippen molar-refractivity contribution in [1.29, 1.82) is 0 Å². The molecule has 1 fully saturated rings. The zero-order valence-corrected chi connectivity index (χ0v) is 9.47. The molecule has 0 aliphatic heterocycles. The third-order valence-corrected chi connectivity index (χ3v) is 3.24. The summed E-state index contributed by atoms with van der Waals surface area (Å²) in [7, 11) is 0. The highest BCUT2D eigenvalue weighted by Crippen LogP contribution is 2.27. The van der Waals surface area contributed by atoms with Crippen LogP contribution in [0.5, 0.6) is 0 Å². The summed E-state index contributed by atoms with van der Waals surface area (Å²) in [6.45, 7) is 4.97. The van der Waals surface area contributed by atoms with Crippen molar-refractivity contribution in [2.75, 3.05) is 19.7 Å². The number of aliphatic hydroxyl groups excluding tert-OH is 1. The van der Waals surface area contributed by atoms with Crippen molar-refractivity contribution in [3.8, 4) is 0 Å². The summed E-state index contributed by atoms with van der Waals surface area (Å²) in [5, 5.41) is 12.1. The first-order valence-corrected chi connectivity index (χ1v) is 6.14. The van der Waals surface area contributed by atoms with Gasteiger partial charge in [0, 0.05) is 6.61 Å². The van der Waals surface area contributed by atoms with Crippen molar-refractivity contribution in [3.63, 3.8) is 0 Å². The first-order valence-electron chi connectivity index (χ1n) is 6.14. The molecule has 84 valence electrons. The van der Waals surface area contributed by atoms with Gasteiger partial charge in [-0.15, -0.1) is 0 Å². The lowest BCUT2D eigenvalue weighted by Gasteiger charge is -2.26. The molecule has 14 heavy (non-hydrogen) atoms. The van der Waals surface area contributed by atoms with E-state index >= 15 is 0 Å². The molecule has 0 aromatic rings. The van der Waals surface area contributed by atoms with Crippen molar-refractivity contribution in [1.82, 2.24) is 5.32 Å². The van der Waals surface area contributed by atoms with Gasteiger partial charge in [-0.2, -0.15) is 0 Å². The average molecular weight is 199 g/mol. The maximum absolute atomic E-state index is 8.62. The molecule has 2 nitrogen and oxygen atoms in total. The summed E-state index contributed by atoms with van der Waals surface area (Å²) in [4.78, 5) is 0. The largest absolute Gasteiger partial charge is 0.396 e. The summed E-state index contributed by atoms with van der Waals surface area (Å²) < 4.78 is 0. The predicted octanol–water partition coefficient (Wildman–Crippen LogP) is 2.17. The van der Waals surface area contributed by atoms with Gasteiger partial charge in [-0.1, -0.05) is 19.8 Å². The fraction of sp³-hybridized carbons (Fsp3) is 1.00. The quantitative estimate of drug-likeness (QED) is 0.643. The molecule has 1 saturated carbocycles. The van der Waals surface area contributed by atoms with Crippen LogP contribution in [0.3, 0.4) is 0 Å². The van der Waals surface area contributed by atoms with Crippen LogP contribution in [0, 0.1) is 11.8 Å². The second-order valence-corrected chi connectivity index (χ2v) is 4.77. The SMILES string of the molecule is CC1CCCC(CNCCCCO)C1. The summed E-state index contributed by atoms with van der Waals surface area (Å²) >= 11 is 0. The highest BCUT2D eigenvalue weighted by atomic mass is 16.2. The third kappa shape index (κ3) is 4.97. The van der Waals surface area contributed by atoms with E-state index in [0.29, 0.717) is 6.61 Å². The number of rotatable bonds is 6. The van der Waals surface area contributed by atoms with Crippen LogP contribution in [-0.2, 0) is 0 Å². The van der Waals surface area contributed by atoms with Gasteiger partial charge in [0.05, 0.1) is 0 Å². The van der Waals surface area contributed by atoms with Crippen molar-refractivity contribution in [2.45, 2.75) is 45.4 Å². The first-order chi connectivity index (χ1) is 6.83. The zero-order chi connectivity index (χ0) is 10.2. The summed E-state index contributed by atoms with van der Waals surface area (Å²) in [6.07, 6.45) is 7.72. The second kappa shape index (κ2) is 7.24. The minimum absolute atomic E-state index is 0.335. The standard InChI is InChI=1S/C12H25NO/c1-11-5-4-6-12(9-11)10-13-7-2-3-8-14/h11-14H,2-10H2,1H3. The minimum atomic E-state index is 0.335. The molecule has 0 amide bonds. The van der Waals surface area contributed by atoms with Crippen molar-refractivity contribution < 1.29 is 5.11 Å². The van der Waals surface area contributed by atoms with E-state index < -0.39 is 0 Å². The van der Waals surface area contributed by atoms with Gasteiger partial charge in [0.25, 0.3) is 0 Å². The van der Waals surface area contributed by atoms with Gasteiger partial charge < -0.3 is 10.4 Å². The predicted molar refractivity (Wildman–Crippen MR) is 60.3 cm³/mol. The Morgan fingerprint density at radius 3 is 2.86 bits per heavy atom.